The van der Waals surface area contributed by atoms with Crippen molar-refractivity contribution < 1.29 is 14.3 Å². The van der Waals surface area contributed by atoms with Crippen LogP contribution >= 0.6 is 23.8 Å². The van der Waals surface area contributed by atoms with Gasteiger partial charge >= 0.3 is 0 Å². The number of ether oxygens (including phenoxy) is 1. The minimum atomic E-state index is -0.299. The van der Waals surface area contributed by atoms with E-state index in [1.807, 2.05) is 12.1 Å². The van der Waals surface area contributed by atoms with E-state index in [9.17, 15) is 9.59 Å². The third-order valence-electron chi connectivity index (χ3n) is 5.31. The Bertz CT molecular complexity index is 1220. The Labute approximate surface area is 210 Å². The van der Waals surface area contributed by atoms with Crippen LogP contribution in [0.2, 0.25) is 5.02 Å². The van der Waals surface area contributed by atoms with Gasteiger partial charge in [-0.3, -0.25) is 14.9 Å². The number of nitrogens with one attached hydrogen (secondary N) is 2. The van der Waals surface area contributed by atoms with Gasteiger partial charge in [-0.15, -0.1) is 0 Å². The summed E-state index contributed by atoms with van der Waals surface area (Å²) in [5.74, 6) is 0.119. The van der Waals surface area contributed by atoms with Crippen LogP contribution in [-0.2, 0) is 11.8 Å². The number of hydrogen-bond acceptors (Lipinski definition) is 4. The quantitative estimate of drug-likeness (QED) is 0.315. The summed E-state index contributed by atoms with van der Waals surface area (Å²) >= 11 is 11.4. The first-order chi connectivity index (χ1) is 16.1. The molecule has 3 rings (SSSR count). The lowest BCUT2D eigenvalue weighted by atomic mass is 9.87. The van der Waals surface area contributed by atoms with E-state index in [1.165, 1.54) is 7.11 Å². The fourth-order valence-corrected chi connectivity index (χ4v) is 3.83. The summed E-state index contributed by atoms with van der Waals surface area (Å²) in [6.45, 7) is 6.36. The van der Waals surface area contributed by atoms with E-state index >= 15 is 0 Å². The second-order valence-corrected chi connectivity index (χ2v) is 9.66. The van der Waals surface area contributed by atoms with Crippen LogP contribution in [0, 0.1) is 0 Å². The third-order valence-corrected chi connectivity index (χ3v) is 5.84. The average Bonchev–Trinajstić information content (AvgIpc) is 2.79. The zero-order chi connectivity index (χ0) is 24.9. The zero-order valence-electron chi connectivity index (χ0n) is 19.6. The molecule has 0 unspecified atom stereocenters. The molecule has 0 aliphatic carbocycles. The Morgan fingerprint density at radius 3 is 2.29 bits per heavy atom. The van der Waals surface area contributed by atoms with Crippen molar-refractivity contribution in [1.29, 1.82) is 0 Å². The Morgan fingerprint density at radius 2 is 1.68 bits per heavy atom. The van der Waals surface area contributed by atoms with Gasteiger partial charge in [0.2, 0.25) is 0 Å². The molecule has 176 valence electrons. The standard InChI is InChI=1S/C27H27ClN2O3S/c1-27(2,3)19-12-9-17(10-13-19)25(32)30-26(34)29-20-14-11-18(24(16-20)33-4)15-23(31)21-7-5-6-8-22(21)28/h5-14,16H,15H2,1-4H3,(H2,29,30,32,34). The molecule has 0 saturated carbocycles. The highest BCUT2D eigenvalue weighted by Crippen LogP contribution is 2.26. The van der Waals surface area contributed by atoms with Crippen LogP contribution in [0.25, 0.3) is 0 Å². The van der Waals surface area contributed by atoms with Crippen LogP contribution in [0.3, 0.4) is 0 Å². The number of anilines is 1. The maximum absolute atomic E-state index is 12.7. The number of ketones is 1. The molecule has 3 aromatic carbocycles. The fraction of sp³-hybridized carbons (Fsp3) is 0.222. The van der Waals surface area contributed by atoms with Crippen molar-refractivity contribution >= 4 is 46.3 Å². The van der Waals surface area contributed by atoms with E-state index in [0.717, 1.165) is 5.56 Å². The predicted molar refractivity (Wildman–Crippen MR) is 141 cm³/mol. The number of Topliss-reactive ketones (excluding diaryl/α,β-unsaturated/α-hetero) is 1. The number of rotatable bonds is 6. The molecule has 34 heavy (non-hydrogen) atoms. The maximum atomic E-state index is 12.7. The smallest absolute Gasteiger partial charge is 0.257 e. The van der Waals surface area contributed by atoms with E-state index in [-0.39, 0.29) is 28.6 Å². The van der Waals surface area contributed by atoms with Crippen molar-refractivity contribution in [3.8, 4) is 5.75 Å². The van der Waals surface area contributed by atoms with Gasteiger partial charge < -0.3 is 10.1 Å². The number of amides is 1. The van der Waals surface area contributed by atoms with Crippen molar-refractivity contribution in [2.45, 2.75) is 32.6 Å². The second kappa shape index (κ2) is 10.8. The number of hydrogen-bond donors (Lipinski definition) is 2. The van der Waals surface area contributed by atoms with Crippen LogP contribution in [0.15, 0.2) is 66.7 Å². The van der Waals surface area contributed by atoms with E-state index in [0.29, 0.717) is 33.1 Å². The minimum absolute atomic E-state index is 0.00898. The summed E-state index contributed by atoms with van der Waals surface area (Å²) in [6, 6.07) is 19.7. The van der Waals surface area contributed by atoms with Gasteiger partial charge in [-0.2, -0.15) is 0 Å². The van der Waals surface area contributed by atoms with Gasteiger partial charge in [-0.05, 0) is 53.5 Å². The second-order valence-electron chi connectivity index (χ2n) is 8.84. The highest BCUT2D eigenvalue weighted by atomic mass is 35.5. The molecule has 0 saturated heterocycles. The van der Waals surface area contributed by atoms with E-state index in [2.05, 4.69) is 31.4 Å². The summed E-state index contributed by atoms with van der Waals surface area (Å²) in [4.78, 5) is 25.2. The summed E-state index contributed by atoms with van der Waals surface area (Å²) in [7, 11) is 1.53. The van der Waals surface area contributed by atoms with Gasteiger partial charge in [-0.25, -0.2) is 0 Å². The molecule has 0 atom stereocenters. The molecule has 0 radical (unpaired) electrons. The van der Waals surface area contributed by atoms with Gasteiger partial charge in [0.15, 0.2) is 10.9 Å². The highest BCUT2D eigenvalue weighted by Gasteiger charge is 2.16. The number of carbonyl (C=O) groups excluding carboxylic acids is 2. The fourth-order valence-electron chi connectivity index (χ4n) is 3.38. The first-order valence-corrected chi connectivity index (χ1v) is 11.5. The lowest BCUT2D eigenvalue weighted by Gasteiger charge is -2.19. The Balaban J connectivity index is 1.65. The summed E-state index contributed by atoms with van der Waals surface area (Å²) < 4.78 is 5.47. The van der Waals surface area contributed by atoms with Gasteiger partial charge in [0.25, 0.3) is 5.91 Å². The van der Waals surface area contributed by atoms with Gasteiger partial charge in [-0.1, -0.05) is 62.7 Å². The van der Waals surface area contributed by atoms with Crippen molar-refractivity contribution in [2.24, 2.45) is 0 Å². The molecular formula is C27H27ClN2O3S. The van der Waals surface area contributed by atoms with Crippen LogP contribution in [0.5, 0.6) is 5.75 Å². The summed E-state index contributed by atoms with van der Waals surface area (Å²) in [5.41, 5.74) is 3.47. The maximum Gasteiger partial charge on any atom is 0.257 e. The first kappa shape index (κ1) is 25.4. The van der Waals surface area contributed by atoms with Crippen LogP contribution in [0.4, 0.5) is 5.69 Å². The molecule has 0 fully saturated rings. The molecule has 3 aromatic rings. The van der Waals surface area contributed by atoms with Gasteiger partial charge in [0.1, 0.15) is 5.75 Å². The molecule has 5 nitrogen and oxygen atoms in total. The Morgan fingerprint density at radius 1 is 1.00 bits per heavy atom. The molecule has 0 aliphatic rings. The minimum Gasteiger partial charge on any atom is -0.496 e. The van der Waals surface area contributed by atoms with Crippen LogP contribution < -0.4 is 15.4 Å². The summed E-state index contributed by atoms with van der Waals surface area (Å²) in [6.07, 6.45) is 0.138. The topological polar surface area (TPSA) is 67.4 Å². The SMILES string of the molecule is COc1cc(NC(=S)NC(=O)c2ccc(C(C)(C)C)cc2)ccc1CC(=O)c1ccccc1Cl. The van der Waals surface area contributed by atoms with Crippen molar-refractivity contribution in [1.82, 2.24) is 5.32 Å². The molecule has 0 spiro atoms. The lowest BCUT2D eigenvalue weighted by Crippen LogP contribution is -2.34. The van der Waals surface area contributed by atoms with E-state index in [4.69, 9.17) is 28.6 Å². The number of carbonyl (C=O) groups is 2. The van der Waals surface area contributed by atoms with E-state index < -0.39 is 0 Å². The van der Waals surface area contributed by atoms with Crippen molar-refractivity contribution in [2.75, 3.05) is 12.4 Å². The first-order valence-electron chi connectivity index (χ1n) is 10.8. The number of benzene rings is 3. The average molecular weight is 495 g/mol. The molecule has 0 aliphatic heterocycles. The third kappa shape index (κ3) is 6.43. The number of thiocarbonyl (C=S) groups is 1. The molecule has 0 heterocycles. The monoisotopic (exact) mass is 494 g/mol. The number of methoxy groups -OCH3 is 1. The van der Waals surface area contributed by atoms with Gasteiger partial charge in [0.05, 0.1) is 12.1 Å². The molecule has 2 N–H and O–H groups in total. The Hall–Kier alpha value is -3.22. The number of halogens is 1. The Kier molecular flexibility index (Phi) is 8.07. The van der Waals surface area contributed by atoms with E-state index in [1.54, 1.807) is 54.6 Å². The molecule has 0 bridgehead atoms. The molecule has 7 heteroatoms. The van der Waals surface area contributed by atoms with Gasteiger partial charge in [0, 0.05) is 34.9 Å². The van der Waals surface area contributed by atoms with Crippen molar-refractivity contribution in [3.05, 3.63) is 94.0 Å². The molecule has 1 amide bonds. The highest BCUT2D eigenvalue weighted by molar-refractivity contribution is 7.80. The normalized spacial score (nSPS) is 11.0. The summed E-state index contributed by atoms with van der Waals surface area (Å²) in [5, 5.41) is 6.25. The largest absolute Gasteiger partial charge is 0.496 e. The lowest BCUT2D eigenvalue weighted by molar-refractivity contribution is 0.0974. The molecular weight excluding hydrogens is 468 g/mol. The zero-order valence-corrected chi connectivity index (χ0v) is 21.1. The predicted octanol–water partition coefficient (Wildman–Crippen LogP) is 6.20. The van der Waals surface area contributed by atoms with Crippen molar-refractivity contribution in [3.63, 3.8) is 0 Å². The van der Waals surface area contributed by atoms with Crippen LogP contribution in [0.1, 0.15) is 52.6 Å². The van der Waals surface area contributed by atoms with Crippen LogP contribution in [-0.4, -0.2) is 23.9 Å². The molecule has 0 aromatic heterocycles.